The van der Waals surface area contributed by atoms with Gasteiger partial charge in [-0.2, -0.15) is 0 Å². The Balaban J connectivity index is 0. The van der Waals surface area contributed by atoms with E-state index < -0.39 is 5.97 Å². The van der Waals surface area contributed by atoms with Crippen molar-refractivity contribution in [2.24, 2.45) is 5.73 Å². The van der Waals surface area contributed by atoms with Crippen molar-refractivity contribution in [1.29, 1.82) is 0 Å². The standard InChI is InChI=1S/C8H17N3O2.2ClH/c9-2-1-7-5-10-3-4-11(7)6-8(12)13;;/h7,10H,1-6,9H2,(H,12,13);2*1H. The average molecular weight is 260 g/mol. The molecule has 0 radical (unpaired) electrons. The van der Waals surface area contributed by atoms with Crippen LogP contribution >= 0.6 is 24.8 Å². The van der Waals surface area contributed by atoms with Gasteiger partial charge in [-0.3, -0.25) is 9.69 Å². The highest BCUT2D eigenvalue weighted by molar-refractivity contribution is 5.85. The topological polar surface area (TPSA) is 78.6 Å². The van der Waals surface area contributed by atoms with E-state index in [0.29, 0.717) is 6.54 Å². The molecule has 15 heavy (non-hydrogen) atoms. The molecule has 4 N–H and O–H groups in total. The molecule has 0 aromatic carbocycles. The third-order valence-corrected chi connectivity index (χ3v) is 2.31. The molecule has 1 fully saturated rings. The van der Waals surface area contributed by atoms with Crippen molar-refractivity contribution in [2.45, 2.75) is 12.5 Å². The third kappa shape index (κ3) is 6.17. The molecule has 0 saturated carbocycles. The van der Waals surface area contributed by atoms with Gasteiger partial charge in [0, 0.05) is 25.7 Å². The number of carbonyl (C=O) groups is 1. The zero-order chi connectivity index (χ0) is 9.68. The van der Waals surface area contributed by atoms with Crippen LogP contribution in [0.5, 0.6) is 0 Å². The van der Waals surface area contributed by atoms with E-state index >= 15 is 0 Å². The highest BCUT2D eigenvalue weighted by Crippen LogP contribution is 2.05. The van der Waals surface area contributed by atoms with Crippen LogP contribution in [0.15, 0.2) is 0 Å². The Kier molecular flexibility index (Phi) is 10.6. The number of nitrogens with zero attached hydrogens (tertiary/aromatic N) is 1. The van der Waals surface area contributed by atoms with Gasteiger partial charge >= 0.3 is 5.97 Å². The van der Waals surface area contributed by atoms with E-state index in [9.17, 15) is 4.79 Å². The molecule has 0 aromatic heterocycles. The Morgan fingerprint density at radius 2 is 2.20 bits per heavy atom. The molecule has 92 valence electrons. The van der Waals surface area contributed by atoms with Crippen molar-refractivity contribution in [3.63, 3.8) is 0 Å². The number of halogens is 2. The summed E-state index contributed by atoms with van der Waals surface area (Å²) in [5.74, 6) is -0.760. The normalized spacial score (nSPS) is 21.3. The zero-order valence-corrected chi connectivity index (χ0v) is 10.1. The molecule has 5 nitrogen and oxygen atoms in total. The van der Waals surface area contributed by atoms with Crippen LogP contribution in [0.4, 0.5) is 0 Å². The van der Waals surface area contributed by atoms with Crippen LogP contribution in [0.1, 0.15) is 6.42 Å². The van der Waals surface area contributed by atoms with Crippen molar-refractivity contribution >= 4 is 30.8 Å². The number of nitrogens with one attached hydrogen (secondary N) is 1. The van der Waals surface area contributed by atoms with Crippen molar-refractivity contribution in [1.82, 2.24) is 10.2 Å². The van der Waals surface area contributed by atoms with Crippen LogP contribution in [-0.2, 0) is 4.79 Å². The number of carboxylic acids is 1. The second kappa shape index (κ2) is 9.18. The lowest BCUT2D eigenvalue weighted by atomic mass is 10.1. The Labute approximate surface area is 102 Å². The largest absolute Gasteiger partial charge is 0.480 e. The van der Waals surface area contributed by atoms with E-state index in [0.717, 1.165) is 26.1 Å². The fourth-order valence-electron chi connectivity index (χ4n) is 1.66. The predicted molar refractivity (Wildman–Crippen MR) is 64.0 cm³/mol. The first-order chi connectivity index (χ1) is 6.24. The summed E-state index contributed by atoms with van der Waals surface area (Å²) in [7, 11) is 0. The van der Waals surface area contributed by atoms with Crippen LogP contribution in [0.2, 0.25) is 0 Å². The maximum atomic E-state index is 10.5. The molecule has 7 heteroatoms. The fourth-order valence-corrected chi connectivity index (χ4v) is 1.66. The van der Waals surface area contributed by atoms with E-state index in [1.54, 1.807) is 0 Å². The quantitative estimate of drug-likeness (QED) is 0.637. The number of hydrogen-bond acceptors (Lipinski definition) is 4. The van der Waals surface area contributed by atoms with Crippen LogP contribution in [-0.4, -0.2) is 54.7 Å². The summed E-state index contributed by atoms with van der Waals surface area (Å²) in [5.41, 5.74) is 5.45. The second-order valence-electron chi connectivity index (χ2n) is 3.30. The van der Waals surface area contributed by atoms with Gasteiger partial charge in [0.25, 0.3) is 0 Å². The molecule has 1 aliphatic heterocycles. The molecule has 0 aliphatic carbocycles. The SMILES string of the molecule is Cl.Cl.NCCC1CNCCN1CC(=O)O. The van der Waals surface area contributed by atoms with Gasteiger partial charge in [-0.1, -0.05) is 0 Å². The van der Waals surface area contributed by atoms with Gasteiger partial charge in [0.15, 0.2) is 0 Å². The first-order valence-corrected chi connectivity index (χ1v) is 4.60. The number of piperazine rings is 1. The monoisotopic (exact) mass is 259 g/mol. The van der Waals surface area contributed by atoms with Crippen LogP contribution in [0, 0.1) is 0 Å². The number of aliphatic carboxylic acids is 1. The highest BCUT2D eigenvalue weighted by Gasteiger charge is 2.22. The average Bonchev–Trinajstić information content (AvgIpc) is 2.08. The lowest BCUT2D eigenvalue weighted by Gasteiger charge is -2.34. The Morgan fingerprint density at radius 3 is 2.73 bits per heavy atom. The van der Waals surface area contributed by atoms with Gasteiger partial charge < -0.3 is 16.2 Å². The van der Waals surface area contributed by atoms with E-state index in [2.05, 4.69) is 5.32 Å². The number of rotatable bonds is 4. The van der Waals surface area contributed by atoms with E-state index in [1.165, 1.54) is 0 Å². The number of nitrogens with two attached hydrogens (primary N) is 1. The molecule has 1 atom stereocenters. The number of carboxylic acid groups (broad SMARTS) is 1. The van der Waals surface area contributed by atoms with Crippen molar-refractivity contribution in [3.8, 4) is 0 Å². The highest BCUT2D eigenvalue weighted by atomic mass is 35.5. The van der Waals surface area contributed by atoms with E-state index in [1.807, 2.05) is 4.90 Å². The molecule has 0 aromatic rings. The minimum Gasteiger partial charge on any atom is -0.480 e. The molecule has 1 heterocycles. The summed E-state index contributed by atoms with van der Waals surface area (Å²) in [6.45, 7) is 3.27. The zero-order valence-electron chi connectivity index (χ0n) is 8.52. The molecule has 0 bridgehead atoms. The van der Waals surface area contributed by atoms with Gasteiger partial charge in [0.2, 0.25) is 0 Å². The van der Waals surface area contributed by atoms with Crippen LogP contribution in [0.25, 0.3) is 0 Å². The molecule has 0 spiro atoms. The lowest BCUT2D eigenvalue weighted by molar-refractivity contribution is -0.139. The Hall–Kier alpha value is -0.0700. The van der Waals surface area contributed by atoms with Crippen LogP contribution < -0.4 is 11.1 Å². The maximum Gasteiger partial charge on any atom is 0.317 e. The van der Waals surface area contributed by atoms with Gasteiger partial charge in [-0.05, 0) is 13.0 Å². The summed E-state index contributed by atoms with van der Waals surface area (Å²) in [5, 5.41) is 11.9. The van der Waals surface area contributed by atoms with Gasteiger partial charge in [-0.25, -0.2) is 0 Å². The molecule has 1 aliphatic rings. The first kappa shape index (κ1) is 17.3. The summed E-state index contributed by atoms with van der Waals surface area (Å²) in [6.07, 6.45) is 0.861. The summed E-state index contributed by atoms with van der Waals surface area (Å²) >= 11 is 0. The van der Waals surface area contributed by atoms with Crippen molar-refractivity contribution in [3.05, 3.63) is 0 Å². The van der Waals surface area contributed by atoms with Gasteiger partial charge in [0.1, 0.15) is 0 Å². The minimum atomic E-state index is -0.760. The van der Waals surface area contributed by atoms with E-state index in [-0.39, 0.29) is 37.4 Å². The Morgan fingerprint density at radius 1 is 1.53 bits per heavy atom. The smallest absolute Gasteiger partial charge is 0.317 e. The van der Waals surface area contributed by atoms with Crippen molar-refractivity contribution in [2.75, 3.05) is 32.7 Å². The molecule has 1 saturated heterocycles. The molecular formula is C8H19Cl2N3O2. The molecule has 1 unspecified atom stereocenters. The summed E-state index contributed by atoms with van der Waals surface area (Å²) in [6, 6.07) is 0.287. The van der Waals surface area contributed by atoms with Gasteiger partial charge in [-0.15, -0.1) is 24.8 Å². The number of hydrogen-bond donors (Lipinski definition) is 3. The molecular weight excluding hydrogens is 241 g/mol. The third-order valence-electron chi connectivity index (χ3n) is 2.31. The first-order valence-electron chi connectivity index (χ1n) is 4.60. The minimum absolute atomic E-state index is 0. The maximum absolute atomic E-state index is 10.5. The summed E-state index contributed by atoms with van der Waals surface area (Å²) in [4.78, 5) is 12.5. The van der Waals surface area contributed by atoms with Gasteiger partial charge in [0.05, 0.1) is 6.54 Å². The van der Waals surface area contributed by atoms with Crippen LogP contribution in [0.3, 0.4) is 0 Å². The lowest BCUT2D eigenvalue weighted by Crippen LogP contribution is -2.53. The second-order valence-corrected chi connectivity index (χ2v) is 3.30. The van der Waals surface area contributed by atoms with Crippen molar-refractivity contribution < 1.29 is 9.90 Å². The molecule has 0 amide bonds. The fraction of sp³-hybridized carbons (Fsp3) is 0.875. The van der Waals surface area contributed by atoms with E-state index in [4.69, 9.17) is 10.8 Å². The summed E-state index contributed by atoms with van der Waals surface area (Å²) < 4.78 is 0. The predicted octanol–water partition coefficient (Wildman–Crippen LogP) is -0.463. The Bertz CT molecular complexity index is 181. The molecule has 1 rings (SSSR count).